The number of hydrogen-bond acceptors (Lipinski definition) is 3. The van der Waals surface area contributed by atoms with E-state index in [1.165, 1.54) is 0 Å². The van der Waals surface area contributed by atoms with Gasteiger partial charge in [-0.2, -0.15) is 0 Å². The van der Waals surface area contributed by atoms with Gasteiger partial charge in [0.25, 0.3) is 0 Å². The van der Waals surface area contributed by atoms with Crippen LogP contribution in [-0.4, -0.2) is 11.2 Å². The summed E-state index contributed by atoms with van der Waals surface area (Å²) in [5.74, 6) is 1.56. The van der Waals surface area contributed by atoms with Gasteiger partial charge in [-0.05, 0) is 19.1 Å². The minimum Gasteiger partial charge on any atom is -0.464 e. The van der Waals surface area contributed by atoms with Gasteiger partial charge in [0.05, 0.1) is 12.1 Å². The first kappa shape index (κ1) is 9.29. The fourth-order valence-corrected chi connectivity index (χ4v) is 1.00. The molecule has 0 bridgehead atoms. The normalized spacial score (nSPS) is 16.0. The maximum Gasteiger partial charge on any atom is 0.123 e. The zero-order valence-electron chi connectivity index (χ0n) is 7.45. The predicted molar refractivity (Wildman–Crippen MR) is 46.7 cm³/mol. The van der Waals surface area contributed by atoms with E-state index < -0.39 is 12.1 Å². The first-order chi connectivity index (χ1) is 5.65. The van der Waals surface area contributed by atoms with Crippen LogP contribution >= 0.6 is 0 Å². The number of aliphatic hydroxyl groups is 1. The molecule has 0 aliphatic carbocycles. The van der Waals surface area contributed by atoms with Gasteiger partial charge in [0.15, 0.2) is 0 Å². The molecule has 0 spiro atoms. The number of hydrogen-bond donors (Lipinski definition) is 2. The number of furan rings is 1. The third kappa shape index (κ3) is 1.87. The van der Waals surface area contributed by atoms with Crippen molar-refractivity contribution in [2.24, 2.45) is 5.73 Å². The Morgan fingerprint density at radius 2 is 2.25 bits per heavy atom. The highest BCUT2D eigenvalue weighted by atomic mass is 16.3. The van der Waals surface area contributed by atoms with Gasteiger partial charge < -0.3 is 15.3 Å². The second-order valence-electron chi connectivity index (χ2n) is 2.92. The van der Waals surface area contributed by atoms with Crippen LogP contribution in [0.5, 0.6) is 0 Å². The molecule has 0 aromatic carbocycles. The molecule has 0 fully saturated rings. The molecule has 1 aromatic rings. The Balaban J connectivity index is 2.74. The van der Waals surface area contributed by atoms with Gasteiger partial charge in [-0.15, -0.1) is 0 Å². The van der Waals surface area contributed by atoms with Crippen molar-refractivity contribution in [3.05, 3.63) is 23.7 Å². The van der Waals surface area contributed by atoms with E-state index in [1.54, 1.807) is 6.92 Å². The summed E-state index contributed by atoms with van der Waals surface area (Å²) in [5.41, 5.74) is 5.66. The summed E-state index contributed by atoms with van der Waals surface area (Å²) in [6.07, 6.45) is 0.285. The Bertz CT molecular complexity index is 242. The molecule has 0 aliphatic heterocycles. The Kier molecular flexibility index (Phi) is 2.89. The topological polar surface area (TPSA) is 59.4 Å². The third-order valence-electron chi connectivity index (χ3n) is 1.88. The Morgan fingerprint density at radius 1 is 1.58 bits per heavy atom. The first-order valence-electron chi connectivity index (χ1n) is 4.17. The zero-order valence-corrected chi connectivity index (χ0v) is 7.45. The van der Waals surface area contributed by atoms with E-state index in [2.05, 4.69) is 0 Å². The maximum atomic E-state index is 9.17. The van der Waals surface area contributed by atoms with Crippen LogP contribution in [0.1, 0.15) is 31.4 Å². The molecule has 2 atom stereocenters. The van der Waals surface area contributed by atoms with Crippen molar-refractivity contribution in [3.8, 4) is 0 Å². The summed E-state index contributed by atoms with van der Waals surface area (Å²) >= 11 is 0. The quantitative estimate of drug-likeness (QED) is 0.715. The van der Waals surface area contributed by atoms with E-state index in [9.17, 15) is 5.11 Å². The van der Waals surface area contributed by atoms with Crippen molar-refractivity contribution in [2.75, 3.05) is 0 Å². The minimum absolute atomic E-state index is 0.412. The van der Waals surface area contributed by atoms with Gasteiger partial charge in [0.2, 0.25) is 0 Å². The maximum absolute atomic E-state index is 9.17. The van der Waals surface area contributed by atoms with Crippen molar-refractivity contribution in [1.29, 1.82) is 0 Å². The zero-order chi connectivity index (χ0) is 9.14. The molecular formula is C9H15NO2. The number of aliphatic hydroxyl groups excluding tert-OH is 1. The van der Waals surface area contributed by atoms with E-state index in [0.717, 1.165) is 12.2 Å². The van der Waals surface area contributed by atoms with Crippen LogP contribution in [0.3, 0.4) is 0 Å². The monoisotopic (exact) mass is 169 g/mol. The van der Waals surface area contributed by atoms with Gasteiger partial charge in [-0.1, -0.05) is 6.92 Å². The molecule has 3 heteroatoms. The SMILES string of the molecule is CCc1ccc([C@@H](N)[C@@H](C)O)o1. The van der Waals surface area contributed by atoms with Gasteiger partial charge in [0.1, 0.15) is 11.5 Å². The lowest BCUT2D eigenvalue weighted by atomic mass is 10.1. The van der Waals surface area contributed by atoms with E-state index >= 15 is 0 Å². The molecule has 68 valence electrons. The lowest BCUT2D eigenvalue weighted by molar-refractivity contribution is 0.152. The standard InChI is InChI=1S/C9H15NO2/c1-3-7-4-5-8(12-7)9(10)6(2)11/h4-6,9,11H,3,10H2,1-2H3/t6-,9+/m1/s1. The van der Waals surface area contributed by atoms with Crippen molar-refractivity contribution < 1.29 is 9.52 Å². The van der Waals surface area contributed by atoms with Crippen LogP contribution in [0.2, 0.25) is 0 Å². The molecule has 0 saturated heterocycles. The summed E-state index contributed by atoms with van der Waals surface area (Å²) in [4.78, 5) is 0. The summed E-state index contributed by atoms with van der Waals surface area (Å²) in [6.45, 7) is 3.66. The Morgan fingerprint density at radius 3 is 2.67 bits per heavy atom. The number of aryl methyl sites for hydroxylation is 1. The number of nitrogens with two attached hydrogens (primary N) is 1. The molecule has 12 heavy (non-hydrogen) atoms. The van der Waals surface area contributed by atoms with Crippen molar-refractivity contribution in [1.82, 2.24) is 0 Å². The molecule has 3 N–H and O–H groups in total. The van der Waals surface area contributed by atoms with Gasteiger partial charge in [-0.3, -0.25) is 0 Å². The average molecular weight is 169 g/mol. The highest BCUT2D eigenvalue weighted by Gasteiger charge is 2.15. The van der Waals surface area contributed by atoms with Crippen LogP contribution in [0.15, 0.2) is 16.5 Å². The molecular weight excluding hydrogens is 154 g/mol. The fraction of sp³-hybridized carbons (Fsp3) is 0.556. The Hall–Kier alpha value is -0.800. The van der Waals surface area contributed by atoms with E-state index in [-0.39, 0.29) is 0 Å². The van der Waals surface area contributed by atoms with Crippen LogP contribution in [0.25, 0.3) is 0 Å². The summed E-state index contributed by atoms with van der Waals surface area (Å²) in [5, 5.41) is 9.17. The first-order valence-corrected chi connectivity index (χ1v) is 4.17. The molecule has 0 amide bonds. The van der Waals surface area contributed by atoms with Gasteiger partial charge >= 0.3 is 0 Å². The molecule has 0 saturated carbocycles. The summed E-state index contributed by atoms with van der Waals surface area (Å²) in [6, 6.07) is 3.29. The second kappa shape index (κ2) is 3.74. The summed E-state index contributed by atoms with van der Waals surface area (Å²) in [7, 11) is 0. The smallest absolute Gasteiger partial charge is 0.123 e. The van der Waals surface area contributed by atoms with Gasteiger partial charge in [-0.25, -0.2) is 0 Å². The average Bonchev–Trinajstić information content (AvgIpc) is 2.50. The van der Waals surface area contributed by atoms with Crippen molar-refractivity contribution in [2.45, 2.75) is 32.4 Å². The van der Waals surface area contributed by atoms with Gasteiger partial charge in [0, 0.05) is 6.42 Å². The Labute approximate surface area is 72.2 Å². The van der Waals surface area contributed by atoms with Crippen LogP contribution in [-0.2, 0) is 6.42 Å². The third-order valence-corrected chi connectivity index (χ3v) is 1.88. The number of rotatable bonds is 3. The highest BCUT2D eigenvalue weighted by Crippen LogP contribution is 2.17. The molecule has 1 aromatic heterocycles. The van der Waals surface area contributed by atoms with Crippen molar-refractivity contribution in [3.63, 3.8) is 0 Å². The fourth-order valence-electron chi connectivity index (χ4n) is 1.00. The van der Waals surface area contributed by atoms with Crippen molar-refractivity contribution >= 4 is 0 Å². The lowest BCUT2D eigenvalue weighted by Crippen LogP contribution is -2.22. The highest BCUT2D eigenvalue weighted by molar-refractivity contribution is 5.11. The molecule has 0 unspecified atom stereocenters. The predicted octanol–water partition coefficient (Wildman–Crippen LogP) is 1.22. The van der Waals surface area contributed by atoms with Crippen LogP contribution in [0.4, 0.5) is 0 Å². The lowest BCUT2D eigenvalue weighted by Gasteiger charge is -2.10. The van der Waals surface area contributed by atoms with Crippen LogP contribution < -0.4 is 5.73 Å². The largest absolute Gasteiger partial charge is 0.464 e. The van der Waals surface area contributed by atoms with Crippen LogP contribution in [0, 0.1) is 0 Å². The molecule has 3 nitrogen and oxygen atoms in total. The molecule has 0 radical (unpaired) electrons. The van der Waals surface area contributed by atoms with E-state index in [0.29, 0.717) is 5.76 Å². The van der Waals surface area contributed by atoms with E-state index in [4.69, 9.17) is 10.2 Å². The van der Waals surface area contributed by atoms with E-state index in [1.807, 2.05) is 19.1 Å². The second-order valence-corrected chi connectivity index (χ2v) is 2.92. The molecule has 0 aliphatic rings. The molecule has 1 heterocycles. The summed E-state index contributed by atoms with van der Waals surface area (Å²) < 4.78 is 5.37. The minimum atomic E-state index is -0.569. The molecule has 1 rings (SSSR count).